The van der Waals surface area contributed by atoms with E-state index >= 15 is 0 Å². The van der Waals surface area contributed by atoms with Crippen molar-refractivity contribution < 1.29 is 18.7 Å². The smallest absolute Gasteiger partial charge is 0.374 e. The second-order valence-electron chi connectivity index (χ2n) is 3.46. The largest absolute Gasteiger partial charge is 0.477 e. The van der Waals surface area contributed by atoms with Crippen LogP contribution < -0.4 is 0 Å². The Morgan fingerprint density at radius 3 is 2.08 bits per heavy atom. The van der Waals surface area contributed by atoms with Gasteiger partial charge in [-0.3, -0.25) is 0 Å². The molecular formula is C8H14F2O2. The van der Waals surface area contributed by atoms with Gasteiger partial charge in [0.1, 0.15) is 0 Å². The highest BCUT2D eigenvalue weighted by Crippen LogP contribution is 2.29. The molecule has 12 heavy (non-hydrogen) atoms. The Kier molecular flexibility index (Phi) is 3.61. The molecule has 0 heterocycles. The summed E-state index contributed by atoms with van der Waals surface area (Å²) in [4.78, 5) is 10.1. The summed E-state index contributed by atoms with van der Waals surface area (Å²) in [7, 11) is 0. The zero-order valence-corrected chi connectivity index (χ0v) is 7.47. The third kappa shape index (κ3) is 2.75. The van der Waals surface area contributed by atoms with Crippen LogP contribution in [0.2, 0.25) is 0 Å². The maximum Gasteiger partial charge on any atom is 0.374 e. The summed E-state index contributed by atoms with van der Waals surface area (Å²) in [5, 5.41) is 8.17. The van der Waals surface area contributed by atoms with Gasteiger partial charge in [-0.1, -0.05) is 20.8 Å². The maximum atomic E-state index is 12.7. The molecule has 0 spiro atoms. The van der Waals surface area contributed by atoms with Crippen LogP contribution >= 0.6 is 0 Å². The van der Waals surface area contributed by atoms with Gasteiger partial charge in [-0.15, -0.1) is 0 Å². The third-order valence-electron chi connectivity index (χ3n) is 1.73. The van der Waals surface area contributed by atoms with Gasteiger partial charge in [0.05, 0.1) is 0 Å². The van der Waals surface area contributed by atoms with Crippen LogP contribution in [0, 0.1) is 11.8 Å². The minimum Gasteiger partial charge on any atom is -0.477 e. The monoisotopic (exact) mass is 180 g/mol. The molecule has 0 bridgehead atoms. The minimum atomic E-state index is -3.59. The predicted octanol–water partition coefficient (Wildman–Crippen LogP) is 2.39. The van der Waals surface area contributed by atoms with E-state index in [1.807, 2.05) is 0 Å². The molecule has 1 atom stereocenters. The molecule has 0 amide bonds. The van der Waals surface area contributed by atoms with Gasteiger partial charge in [-0.25, -0.2) is 4.79 Å². The van der Waals surface area contributed by atoms with E-state index in [2.05, 4.69) is 0 Å². The van der Waals surface area contributed by atoms with E-state index in [1.54, 1.807) is 13.8 Å². The number of rotatable bonds is 4. The molecule has 0 aromatic heterocycles. The highest BCUT2D eigenvalue weighted by molar-refractivity contribution is 5.75. The summed E-state index contributed by atoms with van der Waals surface area (Å²) in [5.74, 6) is -6.64. The standard InChI is InChI=1S/C8H14F2O2/c1-5(2)4-6(3)8(9,10)7(11)12/h5-6H,4H2,1-3H3,(H,11,12). The number of hydrogen-bond acceptors (Lipinski definition) is 1. The Balaban J connectivity index is 4.25. The van der Waals surface area contributed by atoms with Gasteiger partial charge in [-0.2, -0.15) is 8.78 Å². The molecule has 0 aromatic carbocycles. The first-order chi connectivity index (χ1) is 5.28. The zero-order valence-electron chi connectivity index (χ0n) is 7.47. The zero-order chi connectivity index (χ0) is 9.94. The van der Waals surface area contributed by atoms with Crippen molar-refractivity contribution in [2.75, 3.05) is 0 Å². The molecule has 4 heteroatoms. The van der Waals surface area contributed by atoms with E-state index in [9.17, 15) is 13.6 Å². The van der Waals surface area contributed by atoms with Crippen LogP contribution in [0.25, 0.3) is 0 Å². The lowest BCUT2D eigenvalue weighted by Crippen LogP contribution is -2.36. The fourth-order valence-corrected chi connectivity index (χ4v) is 1.07. The van der Waals surface area contributed by atoms with E-state index in [0.717, 1.165) is 0 Å². The molecular weight excluding hydrogens is 166 g/mol. The van der Waals surface area contributed by atoms with Crippen molar-refractivity contribution in [2.24, 2.45) is 11.8 Å². The second kappa shape index (κ2) is 3.83. The molecule has 72 valence electrons. The number of carboxylic acid groups (broad SMARTS) is 1. The van der Waals surface area contributed by atoms with Gasteiger partial charge >= 0.3 is 11.9 Å². The Morgan fingerprint density at radius 1 is 1.42 bits per heavy atom. The van der Waals surface area contributed by atoms with Crippen molar-refractivity contribution in [3.8, 4) is 0 Å². The fourth-order valence-electron chi connectivity index (χ4n) is 1.07. The van der Waals surface area contributed by atoms with Crippen molar-refractivity contribution in [2.45, 2.75) is 33.1 Å². The van der Waals surface area contributed by atoms with E-state index in [1.165, 1.54) is 6.92 Å². The van der Waals surface area contributed by atoms with Crippen molar-refractivity contribution >= 4 is 5.97 Å². The van der Waals surface area contributed by atoms with Gasteiger partial charge in [0.15, 0.2) is 0 Å². The molecule has 0 aromatic rings. The lowest BCUT2D eigenvalue weighted by Gasteiger charge is -2.20. The molecule has 1 N–H and O–H groups in total. The van der Waals surface area contributed by atoms with Crippen molar-refractivity contribution in [1.29, 1.82) is 0 Å². The number of hydrogen-bond donors (Lipinski definition) is 1. The van der Waals surface area contributed by atoms with Crippen LogP contribution in [0.15, 0.2) is 0 Å². The average Bonchev–Trinajstić information content (AvgIpc) is 1.85. The predicted molar refractivity (Wildman–Crippen MR) is 41.2 cm³/mol. The van der Waals surface area contributed by atoms with E-state index in [-0.39, 0.29) is 12.3 Å². The SMILES string of the molecule is CC(C)CC(C)C(F)(F)C(=O)O. The van der Waals surface area contributed by atoms with E-state index in [4.69, 9.17) is 5.11 Å². The molecule has 0 saturated heterocycles. The molecule has 0 aliphatic heterocycles. The average molecular weight is 180 g/mol. The van der Waals surface area contributed by atoms with Crippen LogP contribution in [0.5, 0.6) is 0 Å². The lowest BCUT2D eigenvalue weighted by molar-refractivity contribution is -0.173. The number of aliphatic carboxylic acids is 1. The van der Waals surface area contributed by atoms with Crippen LogP contribution in [-0.4, -0.2) is 17.0 Å². The highest BCUT2D eigenvalue weighted by atomic mass is 19.3. The molecule has 0 aliphatic carbocycles. The highest BCUT2D eigenvalue weighted by Gasteiger charge is 2.44. The summed E-state index contributed by atoms with van der Waals surface area (Å²) in [5.41, 5.74) is 0. The molecule has 0 saturated carbocycles. The summed E-state index contributed by atoms with van der Waals surface area (Å²) in [6.07, 6.45) is 0.222. The van der Waals surface area contributed by atoms with Gasteiger partial charge in [0.2, 0.25) is 0 Å². The van der Waals surface area contributed by atoms with Crippen LogP contribution in [0.1, 0.15) is 27.2 Å². The van der Waals surface area contributed by atoms with Crippen LogP contribution in [0.4, 0.5) is 8.78 Å². The normalized spacial score (nSPS) is 14.8. The fraction of sp³-hybridized carbons (Fsp3) is 0.875. The van der Waals surface area contributed by atoms with Crippen molar-refractivity contribution in [1.82, 2.24) is 0 Å². The van der Waals surface area contributed by atoms with Crippen LogP contribution in [-0.2, 0) is 4.79 Å². The third-order valence-corrected chi connectivity index (χ3v) is 1.73. The molecule has 0 rings (SSSR count). The topological polar surface area (TPSA) is 37.3 Å². The lowest BCUT2D eigenvalue weighted by atomic mass is 9.93. The summed E-state index contributed by atoms with van der Waals surface area (Å²) >= 11 is 0. The number of halogens is 2. The second-order valence-corrected chi connectivity index (χ2v) is 3.46. The molecule has 0 aliphatic rings. The van der Waals surface area contributed by atoms with Gasteiger partial charge in [0, 0.05) is 5.92 Å². The molecule has 1 unspecified atom stereocenters. The number of alkyl halides is 2. The molecule has 0 fully saturated rings. The number of carbonyl (C=O) groups is 1. The molecule has 0 radical (unpaired) electrons. The van der Waals surface area contributed by atoms with Gasteiger partial charge in [0.25, 0.3) is 0 Å². The van der Waals surface area contributed by atoms with E-state index < -0.39 is 17.8 Å². The number of carboxylic acids is 1. The minimum absolute atomic E-state index is 0.0882. The van der Waals surface area contributed by atoms with E-state index in [0.29, 0.717) is 0 Å². The first-order valence-corrected chi connectivity index (χ1v) is 3.89. The molecule has 2 nitrogen and oxygen atoms in total. The summed E-state index contributed by atoms with van der Waals surface area (Å²) in [6.45, 7) is 4.83. The first kappa shape index (κ1) is 11.3. The maximum absolute atomic E-state index is 12.7. The van der Waals surface area contributed by atoms with Crippen LogP contribution in [0.3, 0.4) is 0 Å². The summed E-state index contributed by atoms with van der Waals surface area (Å²) in [6, 6.07) is 0. The summed E-state index contributed by atoms with van der Waals surface area (Å²) < 4.78 is 25.4. The quantitative estimate of drug-likeness (QED) is 0.721. The van der Waals surface area contributed by atoms with Gasteiger partial charge in [-0.05, 0) is 12.3 Å². The Morgan fingerprint density at radius 2 is 1.83 bits per heavy atom. The van der Waals surface area contributed by atoms with Gasteiger partial charge < -0.3 is 5.11 Å². The van der Waals surface area contributed by atoms with Crippen molar-refractivity contribution in [3.05, 3.63) is 0 Å². The van der Waals surface area contributed by atoms with Crippen molar-refractivity contribution in [3.63, 3.8) is 0 Å². The first-order valence-electron chi connectivity index (χ1n) is 3.89. The Hall–Kier alpha value is -0.670. The Bertz CT molecular complexity index is 166. The Labute approximate surface area is 70.6 Å².